The van der Waals surface area contributed by atoms with Crippen LogP contribution in [0.5, 0.6) is 0 Å². The highest BCUT2D eigenvalue weighted by Crippen LogP contribution is 2.61. The lowest BCUT2D eigenvalue weighted by atomic mass is 10.2. The number of rotatable bonds is 6. The summed E-state index contributed by atoms with van der Waals surface area (Å²) in [6.07, 6.45) is 0.0564. The molecule has 1 aromatic heterocycles. The molecule has 0 unspecified atom stereocenters. The molecule has 3 aromatic rings. The molecular formula is C24H28N5PS. The molecule has 0 N–H and O–H groups in total. The first-order chi connectivity index (χ1) is 15.1. The summed E-state index contributed by atoms with van der Waals surface area (Å²) in [4.78, 5) is 5.28. The van der Waals surface area contributed by atoms with Gasteiger partial charge in [-0.25, -0.2) is 9.67 Å². The van der Waals surface area contributed by atoms with Crippen LogP contribution in [0.4, 0.5) is 5.82 Å². The molecule has 1 aliphatic heterocycles. The summed E-state index contributed by atoms with van der Waals surface area (Å²) in [5, 5.41) is 6.12. The lowest BCUT2D eigenvalue weighted by molar-refractivity contribution is 0.471. The number of fused-ring (bicyclic) bond motifs is 1. The number of benzene rings is 2. The molecule has 0 spiro atoms. The SMILES string of the molecule is CCN(CC)[P@]1(=S)c2c(C)nn(-c3ccccc3)c2N=C(c2ccccc2)N1C1CC1. The molecule has 7 heteroatoms. The molecule has 0 radical (unpaired) electrons. The van der Waals surface area contributed by atoms with E-state index in [-0.39, 0.29) is 0 Å². The lowest BCUT2D eigenvalue weighted by Gasteiger charge is -2.46. The van der Waals surface area contributed by atoms with E-state index in [9.17, 15) is 0 Å². The van der Waals surface area contributed by atoms with Crippen LogP contribution in [-0.4, -0.2) is 44.1 Å². The Labute approximate surface area is 189 Å². The standard InChI is InChI=1S/C24H28N5PS/c1-4-27(5-2)30(31)22-18(3)26-28(20-14-10-7-11-15-20)24(22)25-23(29(30)21-16-17-21)19-12-8-6-9-13-19/h6-15,21H,4-5,16-17H2,1-3H3/t30-/m1/s1. The zero-order valence-corrected chi connectivity index (χ0v) is 20.0. The molecule has 2 heterocycles. The fourth-order valence-corrected chi connectivity index (χ4v) is 9.93. The minimum Gasteiger partial charge on any atom is -0.310 e. The van der Waals surface area contributed by atoms with E-state index in [0.717, 1.165) is 47.0 Å². The summed E-state index contributed by atoms with van der Waals surface area (Å²) in [5.74, 6) is 1.90. The van der Waals surface area contributed by atoms with Gasteiger partial charge in [0, 0.05) is 24.7 Å². The van der Waals surface area contributed by atoms with Crippen molar-refractivity contribution in [1.82, 2.24) is 19.1 Å². The van der Waals surface area contributed by atoms with Crippen LogP contribution in [0.15, 0.2) is 65.7 Å². The van der Waals surface area contributed by atoms with Gasteiger partial charge >= 0.3 is 0 Å². The Hall–Kier alpha value is -2.27. The first-order valence-electron chi connectivity index (χ1n) is 11.0. The van der Waals surface area contributed by atoms with Gasteiger partial charge in [0.1, 0.15) is 12.2 Å². The highest BCUT2D eigenvalue weighted by molar-refractivity contribution is 8.16. The van der Waals surface area contributed by atoms with Gasteiger partial charge in [-0.1, -0.05) is 74.2 Å². The summed E-state index contributed by atoms with van der Waals surface area (Å²) in [6, 6.07) is 21.3. The largest absolute Gasteiger partial charge is 0.310 e. The van der Waals surface area contributed by atoms with E-state index >= 15 is 0 Å². The Balaban J connectivity index is 1.83. The van der Waals surface area contributed by atoms with Crippen LogP contribution in [0.2, 0.25) is 0 Å². The molecule has 160 valence electrons. The van der Waals surface area contributed by atoms with E-state index < -0.39 is 6.34 Å². The van der Waals surface area contributed by atoms with Crippen LogP contribution in [-0.2, 0) is 11.8 Å². The first kappa shape index (κ1) is 20.6. The van der Waals surface area contributed by atoms with E-state index in [0.29, 0.717) is 6.04 Å². The number of hydrogen-bond donors (Lipinski definition) is 0. The van der Waals surface area contributed by atoms with Gasteiger partial charge in [0.2, 0.25) is 0 Å². The Morgan fingerprint density at radius 3 is 2.19 bits per heavy atom. The number of amidine groups is 1. The Morgan fingerprint density at radius 2 is 1.61 bits per heavy atom. The second kappa shape index (κ2) is 8.01. The smallest absolute Gasteiger partial charge is 0.169 e. The average molecular weight is 450 g/mol. The average Bonchev–Trinajstić information content (AvgIpc) is 3.57. The van der Waals surface area contributed by atoms with Crippen molar-refractivity contribution in [3.63, 3.8) is 0 Å². The quantitative estimate of drug-likeness (QED) is 0.496. The first-order valence-corrected chi connectivity index (χ1v) is 13.7. The van der Waals surface area contributed by atoms with Crippen LogP contribution >= 0.6 is 6.34 Å². The van der Waals surface area contributed by atoms with E-state index in [1.807, 2.05) is 22.9 Å². The zero-order valence-electron chi connectivity index (χ0n) is 18.3. The van der Waals surface area contributed by atoms with Gasteiger partial charge in [-0.2, -0.15) is 5.10 Å². The van der Waals surface area contributed by atoms with Crippen molar-refractivity contribution in [2.75, 3.05) is 13.1 Å². The van der Waals surface area contributed by atoms with E-state index in [1.54, 1.807) is 0 Å². The molecule has 1 saturated carbocycles. The minimum absolute atomic E-state index is 0.456. The number of para-hydroxylation sites is 1. The number of hydrogen-bond acceptors (Lipinski definition) is 3. The van der Waals surface area contributed by atoms with Gasteiger partial charge in [0.15, 0.2) is 5.82 Å². The van der Waals surface area contributed by atoms with Crippen molar-refractivity contribution in [2.45, 2.75) is 39.7 Å². The van der Waals surface area contributed by atoms with Gasteiger partial charge in [-0.3, -0.25) is 4.67 Å². The molecule has 1 aliphatic carbocycles. The Bertz CT molecular complexity index is 1160. The summed E-state index contributed by atoms with van der Waals surface area (Å²) in [7, 11) is 0. The molecule has 1 atom stereocenters. The monoisotopic (exact) mass is 449 g/mol. The van der Waals surface area contributed by atoms with Gasteiger partial charge in [-0.15, -0.1) is 0 Å². The third-order valence-corrected chi connectivity index (χ3v) is 11.4. The number of aliphatic imine (C=N–C) groups is 1. The predicted molar refractivity (Wildman–Crippen MR) is 133 cm³/mol. The zero-order chi connectivity index (χ0) is 21.6. The Kier molecular flexibility index (Phi) is 5.33. The van der Waals surface area contributed by atoms with Gasteiger partial charge in [0.25, 0.3) is 0 Å². The van der Waals surface area contributed by atoms with E-state index in [4.69, 9.17) is 21.9 Å². The predicted octanol–water partition coefficient (Wildman–Crippen LogP) is 5.01. The van der Waals surface area contributed by atoms with Crippen molar-refractivity contribution >= 4 is 35.1 Å². The van der Waals surface area contributed by atoms with Gasteiger partial charge in [-0.05, 0) is 31.9 Å². The van der Waals surface area contributed by atoms with Gasteiger partial charge < -0.3 is 4.67 Å². The van der Waals surface area contributed by atoms with Crippen molar-refractivity contribution in [2.24, 2.45) is 4.99 Å². The summed E-state index contributed by atoms with van der Waals surface area (Å²) < 4.78 is 6.99. The lowest BCUT2D eigenvalue weighted by Crippen LogP contribution is -2.44. The maximum Gasteiger partial charge on any atom is 0.169 e. The van der Waals surface area contributed by atoms with E-state index in [1.165, 1.54) is 12.8 Å². The molecular weight excluding hydrogens is 421 g/mol. The van der Waals surface area contributed by atoms with Crippen molar-refractivity contribution in [3.8, 4) is 5.69 Å². The number of nitrogens with zero attached hydrogens (tertiary/aromatic N) is 5. The maximum absolute atomic E-state index is 6.72. The summed E-state index contributed by atoms with van der Waals surface area (Å²) in [6.45, 7) is 8.35. The minimum atomic E-state index is -2.29. The third-order valence-electron chi connectivity index (χ3n) is 6.06. The highest BCUT2D eigenvalue weighted by Gasteiger charge is 2.49. The van der Waals surface area contributed by atoms with Crippen molar-refractivity contribution in [3.05, 3.63) is 71.9 Å². The Morgan fingerprint density at radius 1 is 1.00 bits per heavy atom. The molecule has 5 rings (SSSR count). The van der Waals surface area contributed by atoms with Crippen molar-refractivity contribution < 1.29 is 0 Å². The molecule has 2 aliphatic rings. The van der Waals surface area contributed by atoms with Crippen LogP contribution in [0.1, 0.15) is 37.9 Å². The number of aryl methyl sites for hydroxylation is 1. The number of aromatic nitrogens is 2. The highest BCUT2D eigenvalue weighted by atomic mass is 32.4. The van der Waals surface area contributed by atoms with Crippen LogP contribution in [0.25, 0.3) is 5.69 Å². The fourth-order valence-electron chi connectivity index (χ4n) is 4.47. The maximum atomic E-state index is 6.72. The summed E-state index contributed by atoms with van der Waals surface area (Å²) in [5.41, 5.74) is 3.14. The molecule has 0 amide bonds. The molecule has 0 saturated heterocycles. The fraction of sp³-hybridized carbons (Fsp3) is 0.333. The van der Waals surface area contributed by atoms with E-state index in [2.05, 4.69) is 72.6 Å². The second-order valence-corrected chi connectivity index (χ2v) is 12.1. The molecule has 0 bridgehead atoms. The second-order valence-electron chi connectivity index (χ2n) is 8.07. The van der Waals surface area contributed by atoms with Crippen molar-refractivity contribution in [1.29, 1.82) is 0 Å². The normalized spacial score (nSPS) is 20.6. The molecule has 31 heavy (non-hydrogen) atoms. The van der Waals surface area contributed by atoms with Crippen LogP contribution in [0.3, 0.4) is 0 Å². The third kappa shape index (κ3) is 3.29. The summed E-state index contributed by atoms with van der Waals surface area (Å²) >= 11 is 6.72. The topological polar surface area (TPSA) is 36.7 Å². The molecule has 1 fully saturated rings. The molecule has 5 nitrogen and oxygen atoms in total. The van der Waals surface area contributed by atoms with Crippen LogP contribution < -0.4 is 5.30 Å². The van der Waals surface area contributed by atoms with Gasteiger partial charge in [0.05, 0.1) is 16.7 Å². The van der Waals surface area contributed by atoms with Crippen LogP contribution in [0, 0.1) is 6.92 Å². The molecule has 2 aromatic carbocycles.